The number of likely N-dealkylation sites (tertiary alicyclic amines) is 1. The summed E-state index contributed by atoms with van der Waals surface area (Å²) in [6.07, 6.45) is 3.46. The van der Waals surface area contributed by atoms with Crippen LogP contribution in [0.3, 0.4) is 0 Å². The van der Waals surface area contributed by atoms with Crippen molar-refractivity contribution in [3.05, 3.63) is 29.8 Å². The third kappa shape index (κ3) is 4.71. The van der Waals surface area contributed by atoms with Gasteiger partial charge in [-0.1, -0.05) is 6.92 Å². The van der Waals surface area contributed by atoms with Crippen molar-refractivity contribution in [2.75, 3.05) is 44.7 Å². The zero-order valence-electron chi connectivity index (χ0n) is 14.8. The molecule has 1 aliphatic heterocycles. The lowest BCUT2D eigenvalue weighted by Gasteiger charge is -2.33. The molecule has 4 nitrogen and oxygen atoms in total. The van der Waals surface area contributed by atoms with Crippen LogP contribution >= 0.6 is 0 Å². The van der Waals surface area contributed by atoms with Crippen molar-refractivity contribution in [3.8, 4) is 0 Å². The molecule has 128 valence electrons. The Morgan fingerprint density at radius 1 is 1.30 bits per heavy atom. The van der Waals surface area contributed by atoms with Gasteiger partial charge in [-0.15, -0.1) is 0 Å². The van der Waals surface area contributed by atoms with Crippen LogP contribution in [0.25, 0.3) is 0 Å². The highest BCUT2D eigenvalue weighted by Crippen LogP contribution is 2.20. The maximum atomic E-state index is 12.7. The molecule has 1 unspecified atom stereocenters. The minimum Gasteiger partial charge on any atom is -0.372 e. The highest BCUT2D eigenvalue weighted by atomic mass is 16.2. The molecule has 0 aliphatic carbocycles. The van der Waals surface area contributed by atoms with Gasteiger partial charge in [0.05, 0.1) is 0 Å². The maximum Gasteiger partial charge on any atom is 0.253 e. The summed E-state index contributed by atoms with van der Waals surface area (Å²) in [6.45, 7) is 9.17. The van der Waals surface area contributed by atoms with Crippen LogP contribution in [-0.2, 0) is 0 Å². The molecule has 1 atom stereocenters. The Hall–Kier alpha value is -1.55. The van der Waals surface area contributed by atoms with E-state index in [9.17, 15) is 4.79 Å². The summed E-state index contributed by atoms with van der Waals surface area (Å²) in [5, 5.41) is 3.23. The number of nitrogens with zero attached hydrogens (tertiary/aromatic N) is 2. The van der Waals surface area contributed by atoms with Gasteiger partial charge in [-0.25, -0.2) is 0 Å². The first-order chi connectivity index (χ1) is 11.2. The van der Waals surface area contributed by atoms with Crippen LogP contribution in [0.2, 0.25) is 0 Å². The van der Waals surface area contributed by atoms with E-state index >= 15 is 0 Å². The van der Waals surface area contributed by atoms with Gasteiger partial charge in [0.2, 0.25) is 0 Å². The van der Waals surface area contributed by atoms with Crippen molar-refractivity contribution >= 4 is 11.6 Å². The first kappa shape index (κ1) is 17.8. The normalized spacial score (nSPS) is 18.0. The monoisotopic (exact) mass is 317 g/mol. The number of benzene rings is 1. The molecule has 0 radical (unpaired) electrons. The number of hydrogen-bond acceptors (Lipinski definition) is 3. The molecule has 0 saturated carbocycles. The molecule has 1 N–H and O–H groups in total. The van der Waals surface area contributed by atoms with Crippen molar-refractivity contribution in [1.82, 2.24) is 10.2 Å². The fraction of sp³-hybridized carbons (Fsp3) is 0.632. The first-order valence-electron chi connectivity index (χ1n) is 8.98. The molecule has 1 saturated heterocycles. The Morgan fingerprint density at radius 2 is 2.04 bits per heavy atom. The SMILES string of the molecule is CCCN(CC)c1ccc(C(=O)N2CCCC(CNC)C2)cc1. The smallest absolute Gasteiger partial charge is 0.253 e. The Kier molecular flexibility index (Phi) is 6.90. The lowest BCUT2D eigenvalue weighted by Crippen LogP contribution is -2.42. The Morgan fingerprint density at radius 3 is 2.65 bits per heavy atom. The largest absolute Gasteiger partial charge is 0.372 e. The van der Waals surface area contributed by atoms with Gasteiger partial charge in [0, 0.05) is 37.4 Å². The Labute approximate surface area is 140 Å². The highest BCUT2D eigenvalue weighted by molar-refractivity contribution is 5.94. The van der Waals surface area contributed by atoms with E-state index < -0.39 is 0 Å². The van der Waals surface area contributed by atoms with Gasteiger partial charge in [0.15, 0.2) is 0 Å². The van der Waals surface area contributed by atoms with Crippen molar-refractivity contribution < 1.29 is 4.79 Å². The van der Waals surface area contributed by atoms with Gasteiger partial charge in [0.25, 0.3) is 5.91 Å². The second-order valence-corrected chi connectivity index (χ2v) is 6.44. The standard InChI is InChI=1S/C19H31N3O/c1-4-12-21(5-2)18-10-8-17(9-11-18)19(23)22-13-6-7-16(15-22)14-20-3/h8-11,16,20H,4-7,12-15H2,1-3H3. The third-order valence-corrected chi connectivity index (χ3v) is 4.65. The fourth-order valence-electron chi connectivity index (χ4n) is 3.44. The summed E-state index contributed by atoms with van der Waals surface area (Å²) in [7, 11) is 1.98. The van der Waals surface area contributed by atoms with Gasteiger partial charge in [0.1, 0.15) is 0 Å². The van der Waals surface area contributed by atoms with Crippen LogP contribution in [0.4, 0.5) is 5.69 Å². The summed E-state index contributed by atoms with van der Waals surface area (Å²) in [4.78, 5) is 17.1. The molecule has 4 heteroatoms. The van der Waals surface area contributed by atoms with Crippen LogP contribution in [0.15, 0.2) is 24.3 Å². The van der Waals surface area contributed by atoms with E-state index in [1.165, 1.54) is 12.1 Å². The van der Waals surface area contributed by atoms with Crippen LogP contribution in [0, 0.1) is 5.92 Å². The van der Waals surface area contributed by atoms with E-state index in [0.717, 1.165) is 51.1 Å². The summed E-state index contributed by atoms with van der Waals surface area (Å²) in [6, 6.07) is 8.14. The maximum absolute atomic E-state index is 12.7. The quantitative estimate of drug-likeness (QED) is 0.840. The summed E-state index contributed by atoms with van der Waals surface area (Å²) in [5.41, 5.74) is 2.02. The predicted octanol–water partition coefficient (Wildman–Crippen LogP) is 2.99. The zero-order valence-corrected chi connectivity index (χ0v) is 14.8. The van der Waals surface area contributed by atoms with E-state index in [2.05, 4.69) is 36.2 Å². The van der Waals surface area contributed by atoms with Gasteiger partial charge in [-0.05, 0) is 70.0 Å². The topological polar surface area (TPSA) is 35.6 Å². The van der Waals surface area contributed by atoms with Crippen LogP contribution in [-0.4, -0.2) is 50.6 Å². The lowest BCUT2D eigenvalue weighted by molar-refractivity contribution is 0.0674. The van der Waals surface area contributed by atoms with E-state index in [-0.39, 0.29) is 5.91 Å². The minimum absolute atomic E-state index is 0.177. The summed E-state index contributed by atoms with van der Waals surface area (Å²) < 4.78 is 0. The predicted molar refractivity (Wildman–Crippen MR) is 97.2 cm³/mol. The molecule has 2 rings (SSSR count). The Balaban J connectivity index is 2.02. The van der Waals surface area contributed by atoms with E-state index in [1.54, 1.807) is 0 Å². The number of nitrogens with one attached hydrogen (secondary N) is 1. The van der Waals surface area contributed by atoms with Crippen LogP contribution in [0.1, 0.15) is 43.5 Å². The number of carbonyl (C=O) groups excluding carboxylic acids is 1. The fourth-order valence-corrected chi connectivity index (χ4v) is 3.44. The van der Waals surface area contributed by atoms with Gasteiger partial charge in [-0.3, -0.25) is 4.79 Å². The number of rotatable bonds is 7. The molecular formula is C19H31N3O. The average Bonchev–Trinajstić information content (AvgIpc) is 2.60. The van der Waals surface area contributed by atoms with Gasteiger partial charge < -0.3 is 15.1 Å². The average molecular weight is 317 g/mol. The summed E-state index contributed by atoms with van der Waals surface area (Å²) in [5.74, 6) is 0.757. The molecule has 1 aliphatic rings. The van der Waals surface area contributed by atoms with E-state index in [1.807, 2.05) is 24.1 Å². The molecule has 23 heavy (non-hydrogen) atoms. The second kappa shape index (κ2) is 8.92. The molecule has 0 aromatic heterocycles. The Bertz CT molecular complexity index is 484. The summed E-state index contributed by atoms with van der Waals surface area (Å²) >= 11 is 0. The van der Waals surface area contributed by atoms with E-state index in [0.29, 0.717) is 5.92 Å². The molecule has 1 heterocycles. The number of anilines is 1. The minimum atomic E-state index is 0.177. The molecule has 1 fully saturated rings. The lowest BCUT2D eigenvalue weighted by atomic mass is 9.97. The van der Waals surface area contributed by atoms with Crippen LogP contribution < -0.4 is 10.2 Å². The molecule has 1 amide bonds. The van der Waals surface area contributed by atoms with Crippen molar-refractivity contribution in [3.63, 3.8) is 0 Å². The molecule has 0 bridgehead atoms. The number of amides is 1. The van der Waals surface area contributed by atoms with Crippen LogP contribution in [0.5, 0.6) is 0 Å². The zero-order chi connectivity index (χ0) is 16.7. The van der Waals surface area contributed by atoms with Crippen molar-refractivity contribution in [1.29, 1.82) is 0 Å². The van der Waals surface area contributed by atoms with E-state index in [4.69, 9.17) is 0 Å². The molecule has 1 aromatic carbocycles. The molecule has 0 spiro atoms. The third-order valence-electron chi connectivity index (χ3n) is 4.65. The number of carbonyl (C=O) groups is 1. The first-order valence-corrected chi connectivity index (χ1v) is 8.98. The van der Waals surface area contributed by atoms with Gasteiger partial charge in [-0.2, -0.15) is 0 Å². The number of piperidine rings is 1. The second-order valence-electron chi connectivity index (χ2n) is 6.44. The van der Waals surface area contributed by atoms with Gasteiger partial charge >= 0.3 is 0 Å². The number of hydrogen-bond donors (Lipinski definition) is 1. The molecular weight excluding hydrogens is 286 g/mol. The van der Waals surface area contributed by atoms with Crippen molar-refractivity contribution in [2.45, 2.75) is 33.1 Å². The molecule has 1 aromatic rings. The highest BCUT2D eigenvalue weighted by Gasteiger charge is 2.24. The van der Waals surface area contributed by atoms with Crippen molar-refractivity contribution in [2.24, 2.45) is 5.92 Å².